The van der Waals surface area contributed by atoms with Crippen molar-refractivity contribution in [1.82, 2.24) is 0 Å². The van der Waals surface area contributed by atoms with Gasteiger partial charge in [-0.2, -0.15) is 4.57 Å². The van der Waals surface area contributed by atoms with Crippen LogP contribution in [0.25, 0.3) is 54.5 Å². The summed E-state index contributed by atoms with van der Waals surface area (Å²) in [5, 5.41) is 8.83. The number of fused-ring (bicyclic) bond motifs is 7. The summed E-state index contributed by atoms with van der Waals surface area (Å²) in [5.74, 6) is 1.05. The Morgan fingerprint density at radius 1 is 0.697 bits per heavy atom. The molecule has 1 aromatic heterocycles. The first-order valence-corrected chi connectivity index (χ1v) is 11.6. The molecule has 156 valence electrons. The van der Waals surface area contributed by atoms with E-state index in [4.69, 9.17) is 4.74 Å². The van der Waals surface area contributed by atoms with Crippen LogP contribution >= 0.6 is 0 Å². The minimum atomic E-state index is -0.0888. The van der Waals surface area contributed by atoms with Crippen molar-refractivity contribution in [2.24, 2.45) is 0 Å². The standard InChI is InChI=1S/C31H22NO/c1-31(2)24-14-21-12-11-18-7-5-6-10-23(18)27(21)30-28(24)29-25(31)15-22-13-19-8-3-4-9-20(19)16-26(22)32(29)17-33-30/h3-16H,17H2,1-2H3/q+1. The van der Waals surface area contributed by atoms with Crippen molar-refractivity contribution >= 4 is 43.2 Å². The molecular weight excluding hydrogens is 402 g/mol. The van der Waals surface area contributed by atoms with E-state index in [1.807, 2.05) is 0 Å². The Bertz CT molecular complexity index is 1840. The van der Waals surface area contributed by atoms with Gasteiger partial charge in [0.05, 0.1) is 5.56 Å². The first-order valence-electron chi connectivity index (χ1n) is 11.6. The molecule has 0 saturated heterocycles. The second-order valence-corrected chi connectivity index (χ2v) is 10.0. The molecule has 0 fully saturated rings. The number of nitrogens with zero attached hydrogens (tertiary/aromatic N) is 1. The number of aromatic nitrogens is 1. The fourth-order valence-electron chi connectivity index (χ4n) is 6.25. The van der Waals surface area contributed by atoms with Crippen LogP contribution in [-0.4, -0.2) is 0 Å². The molecule has 2 heterocycles. The zero-order valence-corrected chi connectivity index (χ0v) is 18.6. The van der Waals surface area contributed by atoms with E-state index in [0.29, 0.717) is 6.73 Å². The van der Waals surface area contributed by atoms with E-state index in [-0.39, 0.29) is 5.41 Å². The SMILES string of the molecule is CC1(C)c2cc3ccc4ccccc4c3c3c2-c2c1cc1cc4ccccc4cc1[n+]2CO3. The minimum absolute atomic E-state index is 0.0888. The van der Waals surface area contributed by atoms with Crippen molar-refractivity contribution < 1.29 is 9.30 Å². The Kier molecular flexibility index (Phi) is 3.05. The Morgan fingerprint density at radius 2 is 1.39 bits per heavy atom. The summed E-state index contributed by atoms with van der Waals surface area (Å²) in [6, 6.07) is 31.2. The van der Waals surface area contributed by atoms with Crippen LogP contribution in [0.5, 0.6) is 5.75 Å². The normalized spacial score (nSPS) is 15.3. The van der Waals surface area contributed by atoms with Crippen molar-refractivity contribution in [2.75, 3.05) is 0 Å². The van der Waals surface area contributed by atoms with Gasteiger partial charge < -0.3 is 4.74 Å². The second kappa shape index (κ2) is 5.71. The monoisotopic (exact) mass is 424 g/mol. The lowest BCUT2D eigenvalue weighted by Gasteiger charge is -2.21. The van der Waals surface area contributed by atoms with Crippen LogP contribution in [0.4, 0.5) is 0 Å². The van der Waals surface area contributed by atoms with Gasteiger partial charge in [-0.1, -0.05) is 74.5 Å². The van der Waals surface area contributed by atoms with Crippen molar-refractivity contribution in [3.05, 3.63) is 96.1 Å². The third kappa shape index (κ3) is 2.07. The number of ether oxygens (including phenoxy) is 1. The molecule has 6 aromatic rings. The maximum absolute atomic E-state index is 6.66. The molecule has 0 spiro atoms. The summed E-state index contributed by atoms with van der Waals surface area (Å²) in [5.41, 5.74) is 6.51. The average Bonchev–Trinajstić information content (AvgIpc) is 3.07. The van der Waals surface area contributed by atoms with Crippen LogP contribution in [0.2, 0.25) is 0 Å². The third-order valence-electron chi connectivity index (χ3n) is 7.92. The van der Waals surface area contributed by atoms with Gasteiger partial charge in [-0.3, -0.25) is 0 Å². The molecule has 0 saturated carbocycles. The van der Waals surface area contributed by atoms with E-state index in [0.717, 1.165) is 5.75 Å². The fourth-order valence-corrected chi connectivity index (χ4v) is 6.25. The lowest BCUT2D eigenvalue weighted by Crippen LogP contribution is -2.43. The maximum atomic E-state index is 6.66. The highest BCUT2D eigenvalue weighted by Gasteiger charge is 2.47. The molecule has 0 radical (unpaired) electrons. The summed E-state index contributed by atoms with van der Waals surface area (Å²) in [7, 11) is 0. The van der Waals surface area contributed by atoms with Crippen molar-refractivity contribution in [1.29, 1.82) is 0 Å². The van der Waals surface area contributed by atoms with Crippen molar-refractivity contribution in [2.45, 2.75) is 26.0 Å². The smallest absolute Gasteiger partial charge is 0.293 e. The average molecular weight is 425 g/mol. The van der Waals surface area contributed by atoms with Gasteiger partial charge in [0.1, 0.15) is 5.75 Å². The van der Waals surface area contributed by atoms with E-state index in [9.17, 15) is 0 Å². The van der Waals surface area contributed by atoms with Gasteiger partial charge in [0, 0.05) is 27.8 Å². The molecule has 0 amide bonds. The Hall–Kier alpha value is -3.91. The van der Waals surface area contributed by atoms with E-state index >= 15 is 0 Å². The van der Waals surface area contributed by atoms with Crippen molar-refractivity contribution in [3.8, 4) is 17.0 Å². The highest BCUT2D eigenvalue weighted by atomic mass is 16.5. The molecule has 2 nitrogen and oxygen atoms in total. The molecule has 0 bridgehead atoms. The van der Waals surface area contributed by atoms with Gasteiger partial charge >= 0.3 is 0 Å². The summed E-state index contributed by atoms with van der Waals surface area (Å²) >= 11 is 0. The molecular formula is C31H22NO+. The summed E-state index contributed by atoms with van der Waals surface area (Å²) in [4.78, 5) is 0. The zero-order chi connectivity index (χ0) is 21.9. The van der Waals surface area contributed by atoms with Gasteiger partial charge in [0.2, 0.25) is 11.2 Å². The lowest BCUT2D eigenvalue weighted by molar-refractivity contribution is -0.693. The van der Waals surface area contributed by atoms with Crippen LogP contribution in [0.1, 0.15) is 25.0 Å². The molecule has 2 heteroatoms. The lowest BCUT2D eigenvalue weighted by atomic mass is 9.81. The summed E-state index contributed by atoms with van der Waals surface area (Å²) in [6.45, 7) is 5.25. The molecule has 0 unspecified atom stereocenters. The Balaban J connectivity index is 1.57. The van der Waals surface area contributed by atoms with Crippen LogP contribution in [-0.2, 0) is 12.1 Å². The van der Waals surface area contributed by atoms with Gasteiger partial charge in [-0.05, 0) is 50.7 Å². The number of hydrogen-bond donors (Lipinski definition) is 0. The van der Waals surface area contributed by atoms with E-state index in [2.05, 4.69) is 103 Å². The molecule has 0 atom stereocenters. The zero-order valence-electron chi connectivity index (χ0n) is 18.6. The predicted octanol–water partition coefficient (Wildman–Crippen LogP) is 7.24. The van der Waals surface area contributed by atoms with E-state index in [1.165, 1.54) is 65.6 Å². The van der Waals surface area contributed by atoms with Gasteiger partial charge in [0.15, 0.2) is 0 Å². The number of pyridine rings is 1. The molecule has 1 aliphatic carbocycles. The predicted molar refractivity (Wildman–Crippen MR) is 135 cm³/mol. The summed E-state index contributed by atoms with van der Waals surface area (Å²) in [6.07, 6.45) is 0. The van der Waals surface area contributed by atoms with Crippen LogP contribution in [0, 0.1) is 0 Å². The second-order valence-electron chi connectivity index (χ2n) is 10.0. The van der Waals surface area contributed by atoms with Gasteiger partial charge in [0.25, 0.3) is 6.73 Å². The van der Waals surface area contributed by atoms with Crippen LogP contribution in [0.15, 0.2) is 84.9 Å². The molecule has 0 N–H and O–H groups in total. The number of benzene rings is 5. The van der Waals surface area contributed by atoms with Gasteiger partial charge in [-0.15, -0.1) is 0 Å². The highest BCUT2D eigenvalue weighted by Crippen LogP contribution is 2.55. The quantitative estimate of drug-likeness (QED) is 0.142. The molecule has 2 aliphatic rings. The van der Waals surface area contributed by atoms with Crippen molar-refractivity contribution in [3.63, 3.8) is 0 Å². The third-order valence-corrected chi connectivity index (χ3v) is 7.92. The maximum Gasteiger partial charge on any atom is 0.293 e. The number of rotatable bonds is 0. The first-order chi connectivity index (χ1) is 16.1. The largest absolute Gasteiger partial charge is 0.434 e. The topological polar surface area (TPSA) is 13.1 Å². The molecule has 33 heavy (non-hydrogen) atoms. The highest BCUT2D eigenvalue weighted by molar-refractivity contribution is 6.14. The molecule has 1 aliphatic heterocycles. The van der Waals surface area contributed by atoms with Gasteiger partial charge in [-0.25, -0.2) is 0 Å². The van der Waals surface area contributed by atoms with E-state index in [1.54, 1.807) is 0 Å². The number of hydrogen-bond acceptors (Lipinski definition) is 1. The van der Waals surface area contributed by atoms with E-state index < -0.39 is 0 Å². The Labute approximate surface area is 191 Å². The first kappa shape index (κ1) is 17.6. The van der Waals surface area contributed by atoms with Crippen LogP contribution in [0.3, 0.4) is 0 Å². The summed E-state index contributed by atoms with van der Waals surface area (Å²) < 4.78 is 9.06. The molecule has 5 aromatic carbocycles. The Morgan fingerprint density at radius 3 is 2.24 bits per heavy atom. The fraction of sp³-hybridized carbons (Fsp3) is 0.129. The minimum Gasteiger partial charge on any atom is -0.434 e. The van der Waals surface area contributed by atoms with Crippen LogP contribution < -0.4 is 9.30 Å². The molecule has 8 rings (SSSR count).